The Morgan fingerprint density at radius 1 is 0.842 bits per heavy atom. The Hall–Kier alpha value is -3.96. The van der Waals surface area contributed by atoms with Gasteiger partial charge in [0.1, 0.15) is 0 Å². The summed E-state index contributed by atoms with van der Waals surface area (Å²) in [6.45, 7) is 8.00. The van der Waals surface area contributed by atoms with Crippen molar-refractivity contribution in [1.29, 1.82) is 0 Å². The predicted octanol–water partition coefficient (Wildman–Crippen LogP) is 7.75. The van der Waals surface area contributed by atoms with Gasteiger partial charge in [-0.05, 0) is 36.4 Å². The van der Waals surface area contributed by atoms with Gasteiger partial charge >= 0.3 is 12.4 Å². The molecule has 0 spiro atoms. The van der Waals surface area contributed by atoms with Gasteiger partial charge in [0, 0.05) is 11.8 Å². The molecule has 0 saturated heterocycles. The van der Waals surface area contributed by atoms with Crippen LogP contribution in [0.25, 0.3) is 27.8 Å². The molecule has 12 heteroatoms. The molecule has 2 aromatic carbocycles. The molecule has 4 rings (SSSR count). The molecule has 0 bridgehead atoms. The number of alkyl halides is 6. The minimum Gasteiger partial charge on any atom is -0.493 e. The molecule has 0 N–H and O–H groups in total. The number of rotatable bonds is 4. The highest BCUT2D eigenvalue weighted by atomic mass is 19.4. The van der Waals surface area contributed by atoms with Crippen molar-refractivity contribution in [3.8, 4) is 28.3 Å². The number of hydrogen-bond acceptors (Lipinski definition) is 5. The van der Waals surface area contributed by atoms with E-state index in [0.717, 1.165) is 41.3 Å². The maximum absolute atomic E-state index is 13.9. The third kappa shape index (κ3) is 5.95. The molecule has 206 valence electrons. The molecule has 38 heavy (non-hydrogen) atoms. The maximum Gasteiger partial charge on any atom is 0.450 e. The van der Waals surface area contributed by atoms with Crippen LogP contribution in [0.5, 0.6) is 11.5 Å². The first-order chi connectivity index (χ1) is 18.0. The van der Waals surface area contributed by atoms with E-state index >= 15 is 0 Å². The number of methoxy groups -OCH3 is 2. The normalized spacial score (nSPS) is 11.3. The minimum absolute atomic E-state index is 0.0640. The van der Waals surface area contributed by atoms with E-state index < -0.39 is 40.3 Å². The molecule has 6 nitrogen and oxygen atoms in total. The van der Waals surface area contributed by atoms with E-state index in [1.807, 2.05) is 27.7 Å². The number of hydrogen-bond donors (Lipinski definition) is 0. The maximum atomic E-state index is 13.9. The van der Waals surface area contributed by atoms with Gasteiger partial charge in [-0.25, -0.2) is 4.68 Å². The van der Waals surface area contributed by atoms with E-state index in [4.69, 9.17) is 13.9 Å². The Morgan fingerprint density at radius 2 is 1.45 bits per heavy atom. The van der Waals surface area contributed by atoms with E-state index in [1.165, 1.54) is 26.4 Å². The minimum atomic E-state index is -5.06. The third-order valence-electron chi connectivity index (χ3n) is 4.99. The lowest BCUT2D eigenvalue weighted by atomic mass is 10.0. The molecule has 0 saturated carbocycles. The molecule has 2 heterocycles. The molecule has 0 atom stereocenters. The van der Waals surface area contributed by atoms with Crippen LogP contribution in [0.15, 0.2) is 58.0 Å². The second-order valence-electron chi connectivity index (χ2n) is 7.03. The predicted molar refractivity (Wildman–Crippen MR) is 131 cm³/mol. The molecule has 0 aliphatic rings. The van der Waals surface area contributed by atoms with Crippen molar-refractivity contribution in [3.63, 3.8) is 0 Å². The van der Waals surface area contributed by atoms with Crippen LogP contribution in [0, 0.1) is 0 Å². The molecule has 0 amide bonds. The Labute approximate surface area is 214 Å². The number of benzene rings is 2. The second kappa shape index (κ2) is 12.1. The standard InChI is InChI=1S/C22H14F6N2O4.2C2H6/c1-32-15-8-7-14-17(31)16(20(22(26,27)28)34-18(14)19(15)33-2)11-9-29-30(10-11)13-5-3-12(4-6-13)21(23,24)25;2*1-2/h3-10H,1-2H3;2*1-2H3. The fourth-order valence-electron chi connectivity index (χ4n) is 3.43. The summed E-state index contributed by atoms with van der Waals surface area (Å²) in [4.78, 5) is 13.1. The fourth-order valence-corrected chi connectivity index (χ4v) is 3.43. The van der Waals surface area contributed by atoms with Crippen molar-refractivity contribution >= 4 is 11.0 Å². The lowest BCUT2D eigenvalue weighted by molar-refractivity contribution is -0.152. The smallest absolute Gasteiger partial charge is 0.450 e. The zero-order chi connectivity index (χ0) is 28.8. The summed E-state index contributed by atoms with van der Waals surface area (Å²) in [6, 6.07) is 6.41. The summed E-state index contributed by atoms with van der Waals surface area (Å²) in [6.07, 6.45) is -7.53. The van der Waals surface area contributed by atoms with Crippen LogP contribution < -0.4 is 14.9 Å². The Balaban J connectivity index is 0.00000121. The van der Waals surface area contributed by atoms with Crippen molar-refractivity contribution in [2.45, 2.75) is 40.0 Å². The quantitative estimate of drug-likeness (QED) is 0.246. The van der Waals surface area contributed by atoms with Crippen LogP contribution in [0.2, 0.25) is 0 Å². The molecule has 2 aromatic heterocycles. The molecular formula is C26H26F6N2O4. The first kappa shape index (κ1) is 30.3. The summed E-state index contributed by atoms with van der Waals surface area (Å²) >= 11 is 0. The van der Waals surface area contributed by atoms with Crippen LogP contribution in [-0.2, 0) is 12.4 Å². The van der Waals surface area contributed by atoms with Crippen LogP contribution >= 0.6 is 0 Å². The van der Waals surface area contributed by atoms with E-state index in [1.54, 1.807) is 0 Å². The number of fused-ring (bicyclic) bond motifs is 1. The molecule has 0 unspecified atom stereocenters. The third-order valence-corrected chi connectivity index (χ3v) is 4.99. The van der Waals surface area contributed by atoms with Gasteiger partial charge in [0.05, 0.1) is 42.6 Å². The van der Waals surface area contributed by atoms with Gasteiger partial charge in [-0.3, -0.25) is 4.79 Å². The summed E-state index contributed by atoms with van der Waals surface area (Å²) in [5.74, 6) is -1.70. The van der Waals surface area contributed by atoms with E-state index in [0.29, 0.717) is 0 Å². The Morgan fingerprint density at radius 3 is 1.95 bits per heavy atom. The van der Waals surface area contributed by atoms with E-state index in [2.05, 4.69) is 5.10 Å². The monoisotopic (exact) mass is 544 g/mol. The average molecular weight is 544 g/mol. The lowest BCUT2D eigenvalue weighted by Crippen LogP contribution is -2.16. The molecular weight excluding hydrogens is 518 g/mol. The van der Waals surface area contributed by atoms with Gasteiger partial charge in [-0.15, -0.1) is 0 Å². The average Bonchev–Trinajstić information content (AvgIpc) is 3.39. The van der Waals surface area contributed by atoms with E-state index in [9.17, 15) is 31.1 Å². The molecule has 0 radical (unpaired) electrons. The highest BCUT2D eigenvalue weighted by molar-refractivity contribution is 5.89. The zero-order valence-electron chi connectivity index (χ0n) is 21.4. The fraction of sp³-hybridized carbons (Fsp3) is 0.308. The largest absolute Gasteiger partial charge is 0.493 e. The number of nitrogens with zero attached hydrogens (tertiary/aromatic N) is 2. The summed E-state index contributed by atoms with van der Waals surface area (Å²) < 4.78 is 96.4. The van der Waals surface area contributed by atoms with Crippen LogP contribution in [0.3, 0.4) is 0 Å². The Kier molecular flexibility index (Phi) is 9.60. The second-order valence-corrected chi connectivity index (χ2v) is 7.03. The van der Waals surface area contributed by atoms with Gasteiger partial charge in [-0.2, -0.15) is 31.4 Å². The van der Waals surface area contributed by atoms with Crippen LogP contribution in [0.1, 0.15) is 39.0 Å². The number of aromatic nitrogens is 2. The highest BCUT2D eigenvalue weighted by Crippen LogP contribution is 2.41. The topological polar surface area (TPSA) is 66.5 Å². The molecule has 0 aliphatic heterocycles. The van der Waals surface area contributed by atoms with Crippen molar-refractivity contribution in [1.82, 2.24) is 9.78 Å². The zero-order valence-corrected chi connectivity index (χ0v) is 21.4. The van der Waals surface area contributed by atoms with Crippen molar-refractivity contribution in [2.24, 2.45) is 0 Å². The summed E-state index contributed by atoms with van der Waals surface area (Å²) in [5.41, 5.74) is -3.24. The van der Waals surface area contributed by atoms with Crippen molar-refractivity contribution in [3.05, 3.63) is 70.3 Å². The molecule has 0 fully saturated rings. The number of halogens is 6. The summed E-state index contributed by atoms with van der Waals surface area (Å²) in [5, 5.41) is 3.71. The first-order valence-corrected chi connectivity index (χ1v) is 11.5. The highest BCUT2D eigenvalue weighted by Gasteiger charge is 2.40. The molecule has 4 aromatic rings. The van der Waals surface area contributed by atoms with Crippen molar-refractivity contribution in [2.75, 3.05) is 14.2 Å². The number of ether oxygens (including phenoxy) is 2. The first-order valence-electron chi connectivity index (χ1n) is 11.5. The summed E-state index contributed by atoms with van der Waals surface area (Å²) in [7, 11) is 2.46. The van der Waals surface area contributed by atoms with Crippen LogP contribution in [0.4, 0.5) is 26.3 Å². The molecule has 0 aliphatic carbocycles. The lowest BCUT2D eigenvalue weighted by Gasteiger charge is -2.14. The van der Waals surface area contributed by atoms with Gasteiger partial charge in [-0.1, -0.05) is 27.7 Å². The van der Waals surface area contributed by atoms with Gasteiger partial charge in [0.15, 0.2) is 11.3 Å². The van der Waals surface area contributed by atoms with Gasteiger partial charge in [0.2, 0.25) is 16.9 Å². The Bertz CT molecular complexity index is 1420. The van der Waals surface area contributed by atoms with Gasteiger partial charge in [0.25, 0.3) is 0 Å². The van der Waals surface area contributed by atoms with Crippen molar-refractivity contribution < 1.29 is 40.2 Å². The van der Waals surface area contributed by atoms with Gasteiger partial charge < -0.3 is 13.9 Å². The van der Waals surface area contributed by atoms with Crippen LogP contribution in [-0.4, -0.2) is 24.0 Å². The van der Waals surface area contributed by atoms with E-state index in [-0.39, 0.29) is 28.1 Å². The SMILES string of the molecule is CC.CC.COc1ccc2c(=O)c(-c3cnn(-c4ccc(C(F)(F)F)cc4)c3)c(C(F)(F)F)oc2c1OC.